The van der Waals surface area contributed by atoms with E-state index < -0.39 is 5.60 Å². The van der Waals surface area contributed by atoms with E-state index in [-0.39, 0.29) is 17.8 Å². The zero-order valence-corrected chi connectivity index (χ0v) is 13.7. The lowest BCUT2D eigenvalue weighted by Gasteiger charge is -2.34. The van der Waals surface area contributed by atoms with Crippen molar-refractivity contribution in [3.8, 4) is 0 Å². The molecule has 0 amide bonds. The molecular weight excluding hydrogens is 300 g/mol. The molecule has 0 N–H and O–H groups in total. The summed E-state index contributed by atoms with van der Waals surface area (Å²) in [6.45, 7) is 0. The number of carbonyl (C=O) groups is 1. The molecule has 2 atom stereocenters. The highest BCUT2D eigenvalue weighted by Crippen LogP contribution is 2.52. The molecule has 3 heterocycles. The van der Waals surface area contributed by atoms with Crippen LogP contribution in [0.5, 0.6) is 0 Å². The van der Waals surface area contributed by atoms with Gasteiger partial charge in [-0.25, -0.2) is 0 Å². The molecule has 24 heavy (non-hydrogen) atoms. The molecule has 0 spiro atoms. The first-order valence-corrected chi connectivity index (χ1v) is 8.88. The molecule has 4 heteroatoms. The molecule has 2 aliphatic rings. The van der Waals surface area contributed by atoms with Crippen molar-refractivity contribution in [3.05, 3.63) is 60.2 Å². The van der Waals surface area contributed by atoms with Gasteiger partial charge in [-0.15, -0.1) is 0 Å². The summed E-state index contributed by atoms with van der Waals surface area (Å²) in [6.07, 6.45) is 10.1. The monoisotopic (exact) mass is 322 g/mol. The fraction of sp³-hybridized carbons (Fsp3) is 0.450. The number of pyridine rings is 2. The zero-order chi connectivity index (χ0) is 16.4. The number of nitrogens with zero attached hydrogens (tertiary/aromatic N) is 2. The number of ether oxygens (including phenoxy) is 1. The van der Waals surface area contributed by atoms with Crippen LogP contribution in [0.3, 0.4) is 0 Å². The van der Waals surface area contributed by atoms with Gasteiger partial charge < -0.3 is 4.74 Å². The van der Waals surface area contributed by atoms with Gasteiger partial charge in [-0.3, -0.25) is 14.8 Å². The molecule has 4 nitrogen and oxygen atoms in total. The first-order chi connectivity index (χ1) is 11.8. The standard InChI is InChI=1S/C20H22N2O2/c23-19-15-9-3-1-2-4-10-16(15)20(24-19,17-11-5-7-13-21-17)18-12-6-8-14-22-18/h5-8,11-16H,1-4,9-10H2/t15-,16+/m0/s1. The van der Waals surface area contributed by atoms with E-state index in [2.05, 4.69) is 9.97 Å². The van der Waals surface area contributed by atoms with Crippen molar-refractivity contribution in [3.63, 3.8) is 0 Å². The molecule has 2 fully saturated rings. The summed E-state index contributed by atoms with van der Waals surface area (Å²) in [5.41, 5.74) is 0.747. The maximum Gasteiger partial charge on any atom is 0.310 e. The lowest BCUT2D eigenvalue weighted by molar-refractivity contribution is -0.149. The Morgan fingerprint density at radius 1 is 0.875 bits per heavy atom. The number of fused-ring (bicyclic) bond motifs is 1. The highest BCUT2D eigenvalue weighted by molar-refractivity contribution is 5.77. The molecule has 1 saturated heterocycles. The number of esters is 1. The van der Waals surface area contributed by atoms with E-state index in [1.807, 2.05) is 36.4 Å². The van der Waals surface area contributed by atoms with Gasteiger partial charge in [-0.1, -0.05) is 37.8 Å². The normalized spacial score (nSPS) is 26.1. The van der Waals surface area contributed by atoms with E-state index >= 15 is 0 Å². The third kappa shape index (κ3) is 2.41. The molecule has 1 aliphatic heterocycles. The van der Waals surface area contributed by atoms with E-state index in [0.717, 1.165) is 37.1 Å². The van der Waals surface area contributed by atoms with Crippen molar-refractivity contribution in [2.75, 3.05) is 0 Å². The summed E-state index contributed by atoms with van der Waals surface area (Å²) in [7, 11) is 0. The van der Waals surface area contributed by atoms with Gasteiger partial charge in [0.2, 0.25) is 0 Å². The number of hydrogen-bond donors (Lipinski definition) is 0. The van der Waals surface area contributed by atoms with Crippen LogP contribution >= 0.6 is 0 Å². The van der Waals surface area contributed by atoms with Crippen molar-refractivity contribution in [2.45, 2.75) is 44.1 Å². The fourth-order valence-electron chi connectivity index (χ4n) is 4.34. The second kappa shape index (κ2) is 6.34. The van der Waals surface area contributed by atoms with Crippen molar-refractivity contribution < 1.29 is 9.53 Å². The van der Waals surface area contributed by atoms with Crippen LogP contribution in [0.4, 0.5) is 0 Å². The predicted molar refractivity (Wildman–Crippen MR) is 90.0 cm³/mol. The molecular formula is C20H22N2O2. The number of hydrogen-bond acceptors (Lipinski definition) is 4. The summed E-state index contributed by atoms with van der Waals surface area (Å²) < 4.78 is 6.12. The van der Waals surface area contributed by atoms with Gasteiger partial charge in [-0.2, -0.15) is 0 Å². The Kier molecular flexibility index (Phi) is 4.05. The second-order valence-electron chi connectivity index (χ2n) is 6.79. The number of rotatable bonds is 2. The quantitative estimate of drug-likeness (QED) is 0.788. The molecule has 1 saturated carbocycles. The highest BCUT2D eigenvalue weighted by atomic mass is 16.6. The van der Waals surface area contributed by atoms with Crippen molar-refractivity contribution in [2.24, 2.45) is 11.8 Å². The SMILES string of the molecule is O=C1OC(c2ccccn2)(c2ccccn2)[C@@H]2CCCCCC[C@H]12. The Balaban J connectivity index is 1.88. The third-order valence-electron chi connectivity index (χ3n) is 5.44. The molecule has 0 aromatic carbocycles. The van der Waals surface area contributed by atoms with Crippen molar-refractivity contribution in [1.29, 1.82) is 0 Å². The number of aromatic nitrogens is 2. The first kappa shape index (κ1) is 15.3. The Bertz CT molecular complexity index is 663. The van der Waals surface area contributed by atoms with Crippen LogP contribution in [0, 0.1) is 11.8 Å². The molecule has 2 aromatic rings. The first-order valence-electron chi connectivity index (χ1n) is 8.88. The molecule has 1 aliphatic carbocycles. The van der Waals surface area contributed by atoms with E-state index in [4.69, 9.17) is 4.74 Å². The van der Waals surface area contributed by atoms with E-state index in [1.165, 1.54) is 12.8 Å². The lowest BCUT2D eigenvalue weighted by Crippen LogP contribution is -2.37. The minimum Gasteiger partial charge on any atom is -0.445 e. The van der Waals surface area contributed by atoms with Crippen LogP contribution in [0.2, 0.25) is 0 Å². The summed E-state index contributed by atoms with van der Waals surface area (Å²) >= 11 is 0. The Labute approximate surface area is 142 Å². The van der Waals surface area contributed by atoms with Gasteiger partial charge in [0.1, 0.15) is 0 Å². The lowest BCUT2D eigenvalue weighted by atomic mass is 9.71. The summed E-state index contributed by atoms with van der Waals surface area (Å²) in [5.74, 6) is -0.0254. The van der Waals surface area contributed by atoms with Gasteiger partial charge in [0.25, 0.3) is 0 Å². The number of cyclic esters (lactones) is 1. The van der Waals surface area contributed by atoms with Crippen LogP contribution in [0.25, 0.3) is 0 Å². The molecule has 4 rings (SSSR count). The van der Waals surface area contributed by atoms with Crippen molar-refractivity contribution in [1.82, 2.24) is 9.97 Å². The van der Waals surface area contributed by atoms with Crippen LogP contribution in [-0.4, -0.2) is 15.9 Å². The van der Waals surface area contributed by atoms with Gasteiger partial charge in [-0.05, 0) is 37.1 Å². The smallest absolute Gasteiger partial charge is 0.310 e. The van der Waals surface area contributed by atoms with Crippen LogP contribution in [0.1, 0.15) is 49.9 Å². The molecule has 0 bridgehead atoms. The van der Waals surface area contributed by atoms with E-state index in [9.17, 15) is 4.79 Å². The van der Waals surface area contributed by atoms with Gasteiger partial charge in [0.15, 0.2) is 5.60 Å². The molecule has 2 aromatic heterocycles. The minimum absolute atomic E-state index is 0.0469. The summed E-state index contributed by atoms with van der Waals surface area (Å²) in [4.78, 5) is 21.9. The van der Waals surface area contributed by atoms with E-state index in [1.54, 1.807) is 12.4 Å². The number of carbonyl (C=O) groups excluding carboxylic acids is 1. The molecule has 0 unspecified atom stereocenters. The fourth-order valence-corrected chi connectivity index (χ4v) is 4.34. The van der Waals surface area contributed by atoms with Gasteiger partial charge in [0.05, 0.1) is 17.3 Å². The van der Waals surface area contributed by atoms with Gasteiger partial charge >= 0.3 is 5.97 Å². The molecule has 0 radical (unpaired) electrons. The third-order valence-corrected chi connectivity index (χ3v) is 5.44. The zero-order valence-electron chi connectivity index (χ0n) is 13.7. The largest absolute Gasteiger partial charge is 0.445 e. The van der Waals surface area contributed by atoms with Crippen molar-refractivity contribution >= 4 is 5.97 Å². The molecule has 124 valence electrons. The maximum absolute atomic E-state index is 12.8. The van der Waals surface area contributed by atoms with Crippen LogP contribution in [-0.2, 0) is 15.1 Å². The Morgan fingerprint density at radius 2 is 1.50 bits per heavy atom. The maximum atomic E-state index is 12.8. The van der Waals surface area contributed by atoms with Crippen LogP contribution < -0.4 is 0 Å². The van der Waals surface area contributed by atoms with Gasteiger partial charge in [0, 0.05) is 18.3 Å². The minimum atomic E-state index is -0.846. The van der Waals surface area contributed by atoms with Crippen LogP contribution in [0.15, 0.2) is 48.8 Å². The summed E-state index contributed by atoms with van der Waals surface area (Å²) in [6, 6.07) is 11.6. The highest BCUT2D eigenvalue weighted by Gasteiger charge is 2.58. The Hall–Kier alpha value is -2.23. The summed E-state index contributed by atoms with van der Waals surface area (Å²) in [5, 5.41) is 0. The predicted octanol–water partition coefficient (Wildman–Crippen LogP) is 3.86. The van der Waals surface area contributed by atoms with E-state index in [0.29, 0.717) is 0 Å². The Morgan fingerprint density at radius 3 is 2.08 bits per heavy atom. The second-order valence-corrected chi connectivity index (χ2v) is 6.79. The topological polar surface area (TPSA) is 52.1 Å². The average Bonchev–Trinajstić information content (AvgIpc) is 2.88. The average molecular weight is 322 g/mol.